The van der Waals surface area contributed by atoms with Crippen LogP contribution < -0.4 is 10.1 Å². The van der Waals surface area contributed by atoms with E-state index in [4.69, 9.17) is 4.74 Å². The van der Waals surface area contributed by atoms with Crippen molar-refractivity contribution in [1.29, 1.82) is 0 Å². The molecular formula is C15H12F3NO2. The van der Waals surface area contributed by atoms with E-state index in [1.54, 1.807) is 12.1 Å². The van der Waals surface area contributed by atoms with Crippen molar-refractivity contribution in [1.82, 2.24) is 0 Å². The van der Waals surface area contributed by atoms with Crippen LogP contribution in [0.25, 0.3) is 0 Å². The lowest BCUT2D eigenvalue weighted by molar-refractivity contribution is -0.137. The van der Waals surface area contributed by atoms with Gasteiger partial charge in [0.1, 0.15) is 5.75 Å². The number of amides is 1. The summed E-state index contributed by atoms with van der Waals surface area (Å²) in [6.07, 6.45) is -5.18. The van der Waals surface area contributed by atoms with Crippen molar-refractivity contribution in [3.05, 3.63) is 59.7 Å². The van der Waals surface area contributed by atoms with Crippen LogP contribution in [0.15, 0.2) is 48.5 Å². The van der Waals surface area contributed by atoms with Gasteiger partial charge in [-0.05, 0) is 43.3 Å². The fourth-order valence-electron chi connectivity index (χ4n) is 1.60. The predicted octanol–water partition coefficient (Wildman–Crippen LogP) is 4.62. The molecule has 2 rings (SSSR count). The average Bonchev–Trinajstić information content (AvgIpc) is 2.41. The number of anilines is 1. The number of hydrogen-bond donors (Lipinski definition) is 1. The Morgan fingerprint density at radius 1 is 1.00 bits per heavy atom. The first-order valence-corrected chi connectivity index (χ1v) is 6.07. The summed E-state index contributed by atoms with van der Waals surface area (Å²) >= 11 is 0. The highest BCUT2D eigenvalue weighted by atomic mass is 19.4. The summed E-state index contributed by atoms with van der Waals surface area (Å²) < 4.78 is 42.0. The standard InChI is InChI=1S/C15H12F3NO2/c1-10-2-6-12(7-3-10)19-14(20)21-13-8-4-11(5-9-13)15(16,17)18/h2-9H,1H3,(H,19,20). The van der Waals surface area contributed by atoms with Gasteiger partial charge in [0.2, 0.25) is 0 Å². The summed E-state index contributed by atoms with van der Waals surface area (Å²) in [4.78, 5) is 11.6. The fraction of sp³-hybridized carbons (Fsp3) is 0.133. The molecule has 0 atom stereocenters. The van der Waals surface area contributed by atoms with Crippen LogP contribution in [0.2, 0.25) is 0 Å². The van der Waals surface area contributed by atoms with Crippen molar-refractivity contribution in [3.8, 4) is 5.75 Å². The second-order valence-corrected chi connectivity index (χ2v) is 4.40. The zero-order valence-electron chi connectivity index (χ0n) is 11.1. The Balaban J connectivity index is 1.98. The summed E-state index contributed by atoms with van der Waals surface area (Å²) in [6.45, 7) is 1.91. The molecular weight excluding hydrogens is 283 g/mol. The van der Waals surface area contributed by atoms with Gasteiger partial charge >= 0.3 is 12.3 Å². The Morgan fingerprint density at radius 2 is 1.57 bits per heavy atom. The van der Waals surface area contributed by atoms with Crippen molar-refractivity contribution >= 4 is 11.8 Å². The molecule has 6 heteroatoms. The third-order valence-corrected chi connectivity index (χ3v) is 2.69. The van der Waals surface area contributed by atoms with Gasteiger partial charge in [-0.15, -0.1) is 0 Å². The smallest absolute Gasteiger partial charge is 0.410 e. The molecule has 1 amide bonds. The third-order valence-electron chi connectivity index (χ3n) is 2.69. The monoisotopic (exact) mass is 295 g/mol. The summed E-state index contributed by atoms with van der Waals surface area (Å²) in [5, 5.41) is 2.48. The van der Waals surface area contributed by atoms with Crippen LogP contribution in [0.3, 0.4) is 0 Å². The van der Waals surface area contributed by atoms with Gasteiger partial charge in [-0.25, -0.2) is 4.79 Å². The Labute approximate surface area is 119 Å². The van der Waals surface area contributed by atoms with Crippen molar-refractivity contribution < 1.29 is 22.7 Å². The van der Waals surface area contributed by atoms with E-state index in [1.807, 2.05) is 19.1 Å². The number of nitrogens with one attached hydrogen (secondary N) is 1. The lowest BCUT2D eigenvalue weighted by atomic mass is 10.2. The number of benzene rings is 2. The minimum atomic E-state index is -4.41. The van der Waals surface area contributed by atoms with E-state index in [2.05, 4.69) is 5.32 Å². The molecule has 0 unspecified atom stereocenters. The van der Waals surface area contributed by atoms with Gasteiger partial charge in [0, 0.05) is 5.69 Å². The molecule has 0 saturated carbocycles. The molecule has 110 valence electrons. The van der Waals surface area contributed by atoms with Crippen LogP contribution in [0, 0.1) is 6.92 Å². The molecule has 21 heavy (non-hydrogen) atoms. The van der Waals surface area contributed by atoms with E-state index in [0.717, 1.165) is 29.8 Å². The molecule has 0 aliphatic rings. The lowest BCUT2D eigenvalue weighted by Crippen LogP contribution is -2.16. The molecule has 3 nitrogen and oxygen atoms in total. The second kappa shape index (κ2) is 5.87. The minimum Gasteiger partial charge on any atom is -0.410 e. The van der Waals surface area contributed by atoms with Gasteiger partial charge in [0.25, 0.3) is 0 Å². The van der Waals surface area contributed by atoms with E-state index < -0.39 is 17.8 Å². The van der Waals surface area contributed by atoms with Crippen LogP contribution in [0.1, 0.15) is 11.1 Å². The van der Waals surface area contributed by atoms with Gasteiger partial charge in [0.05, 0.1) is 5.56 Å². The second-order valence-electron chi connectivity index (χ2n) is 4.40. The molecule has 0 spiro atoms. The molecule has 0 radical (unpaired) electrons. The van der Waals surface area contributed by atoms with Gasteiger partial charge in [-0.2, -0.15) is 13.2 Å². The van der Waals surface area contributed by atoms with Crippen LogP contribution in [-0.4, -0.2) is 6.09 Å². The largest absolute Gasteiger partial charge is 0.417 e. The molecule has 0 aromatic heterocycles. The predicted molar refractivity (Wildman–Crippen MR) is 72.3 cm³/mol. The first-order valence-electron chi connectivity index (χ1n) is 6.07. The van der Waals surface area contributed by atoms with Gasteiger partial charge < -0.3 is 4.74 Å². The molecule has 0 heterocycles. The first-order chi connectivity index (χ1) is 9.84. The first kappa shape index (κ1) is 14.9. The Morgan fingerprint density at radius 3 is 2.10 bits per heavy atom. The van der Waals surface area contributed by atoms with Gasteiger partial charge in [0.15, 0.2) is 0 Å². The van der Waals surface area contributed by atoms with E-state index >= 15 is 0 Å². The molecule has 0 fully saturated rings. The normalized spacial score (nSPS) is 11.0. The number of hydrogen-bond acceptors (Lipinski definition) is 2. The maximum absolute atomic E-state index is 12.4. The van der Waals surface area contributed by atoms with E-state index in [9.17, 15) is 18.0 Å². The molecule has 1 N–H and O–H groups in total. The minimum absolute atomic E-state index is 0.0348. The summed E-state index contributed by atoms with van der Waals surface area (Å²) in [6, 6.07) is 10.9. The molecule has 2 aromatic carbocycles. The van der Waals surface area contributed by atoms with Crippen molar-refractivity contribution in [2.45, 2.75) is 13.1 Å². The number of aryl methyl sites for hydroxylation is 1. The van der Waals surface area contributed by atoms with Crippen molar-refractivity contribution in [3.63, 3.8) is 0 Å². The summed E-state index contributed by atoms with van der Waals surface area (Å²) in [5.41, 5.74) is 0.781. The average molecular weight is 295 g/mol. The quantitative estimate of drug-likeness (QED) is 0.877. The van der Waals surface area contributed by atoms with Crippen molar-refractivity contribution in [2.75, 3.05) is 5.32 Å². The highest BCUT2D eigenvalue weighted by Gasteiger charge is 2.30. The number of halogens is 3. The molecule has 0 aliphatic carbocycles. The molecule has 0 aliphatic heterocycles. The third kappa shape index (κ3) is 4.24. The summed E-state index contributed by atoms with van der Waals surface area (Å²) in [7, 11) is 0. The van der Waals surface area contributed by atoms with E-state index in [-0.39, 0.29) is 5.75 Å². The summed E-state index contributed by atoms with van der Waals surface area (Å²) in [5.74, 6) is 0.0348. The van der Waals surface area contributed by atoms with Gasteiger partial charge in [-0.3, -0.25) is 5.32 Å². The van der Waals surface area contributed by atoms with Gasteiger partial charge in [-0.1, -0.05) is 17.7 Å². The van der Waals surface area contributed by atoms with Crippen LogP contribution in [-0.2, 0) is 6.18 Å². The number of carbonyl (C=O) groups excluding carboxylic acids is 1. The fourth-order valence-corrected chi connectivity index (χ4v) is 1.60. The SMILES string of the molecule is Cc1ccc(NC(=O)Oc2ccc(C(F)(F)F)cc2)cc1. The Bertz CT molecular complexity index is 619. The van der Waals surface area contributed by atoms with E-state index in [0.29, 0.717) is 5.69 Å². The Kier molecular flexibility index (Phi) is 4.16. The zero-order chi connectivity index (χ0) is 15.5. The highest BCUT2D eigenvalue weighted by molar-refractivity contribution is 5.86. The number of alkyl halides is 3. The molecule has 0 saturated heterocycles. The van der Waals surface area contributed by atoms with Crippen LogP contribution in [0.4, 0.5) is 23.7 Å². The van der Waals surface area contributed by atoms with Crippen molar-refractivity contribution in [2.24, 2.45) is 0 Å². The number of ether oxygens (including phenoxy) is 1. The molecule has 0 bridgehead atoms. The van der Waals surface area contributed by atoms with Crippen LogP contribution in [0.5, 0.6) is 5.75 Å². The highest BCUT2D eigenvalue weighted by Crippen LogP contribution is 2.30. The Hall–Kier alpha value is -2.50. The van der Waals surface area contributed by atoms with Crippen LogP contribution >= 0.6 is 0 Å². The lowest BCUT2D eigenvalue weighted by Gasteiger charge is -2.09. The maximum atomic E-state index is 12.4. The van der Waals surface area contributed by atoms with E-state index in [1.165, 1.54) is 0 Å². The maximum Gasteiger partial charge on any atom is 0.417 e. The number of carbonyl (C=O) groups is 1. The molecule has 2 aromatic rings. The zero-order valence-corrected chi connectivity index (χ0v) is 11.1. The topological polar surface area (TPSA) is 38.3 Å². The number of rotatable bonds is 2.